The van der Waals surface area contributed by atoms with E-state index in [1.165, 1.54) is 0 Å². The van der Waals surface area contributed by atoms with E-state index < -0.39 is 24.6 Å². The summed E-state index contributed by atoms with van der Waals surface area (Å²) in [6.07, 6.45) is -0.200. The van der Waals surface area contributed by atoms with Gasteiger partial charge < -0.3 is 29.8 Å². The molecular formula is C25H24ClN3O6. The number of aromatic nitrogens is 1. The molecule has 182 valence electrons. The number of ether oxygens (including phenoxy) is 3. The highest BCUT2D eigenvalue weighted by Crippen LogP contribution is 2.35. The summed E-state index contributed by atoms with van der Waals surface area (Å²) in [6, 6.07) is 12.4. The molecular weight excluding hydrogens is 474 g/mol. The minimum Gasteiger partial charge on any atom is -0.457 e. The second-order valence-electron chi connectivity index (χ2n) is 8.06. The van der Waals surface area contributed by atoms with E-state index in [1.807, 2.05) is 36.6 Å². The highest BCUT2D eigenvalue weighted by atomic mass is 35.5. The Kier molecular flexibility index (Phi) is 6.97. The zero-order valence-electron chi connectivity index (χ0n) is 19.2. The van der Waals surface area contributed by atoms with E-state index in [0.717, 1.165) is 11.4 Å². The van der Waals surface area contributed by atoms with Crippen LogP contribution in [0.15, 0.2) is 48.5 Å². The van der Waals surface area contributed by atoms with Gasteiger partial charge in [-0.2, -0.15) is 0 Å². The molecule has 0 fully saturated rings. The highest BCUT2D eigenvalue weighted by Gasteiger charge is 2.22. The van der Waals surface area contributed by atoms with Gasteiger partial charge in [0.15, 0.2) is 18.1 Å². The first-order valence-electron chi connectivity index (χ1n) is 10.8. The summed E-state index contributed by atoms with van der Waals surface area (Å²) < 4.78 is 18.0. The summed E-state index contributed by atoms with van der Waals surface area (Å²) in [5, 5.41) is 3.02. The van der Waals surface area contributed by atoms with E-state index in [-0.39, 0.29) is 19.0 Å². The second-order valence-corrected chi connectivity index (χ2v) is 8.49. The van der Waals surface area contributed by atoms with Crippen LogP contribution < -0.4 is 20.5 Å². The number of rotatable bonds is 8. The number of ketones is 1. The Morgan fingerprint density at radius 3 is 2.51 bits per heavy atom. The average molecular weight is 498 g/mol. The van der Waals surface area contributed by atoms with E-state index in [1.54, 1.807) is 30.3 Å². The number of primary amides is 1. The summed E-state index contributed by atoms with van der Waals surface area (Å²) in [6.45, 7) is 3.44. The Labute approximate surface area is 206 Å². The molecule has 1 aliphatic heterocycles. The van der Waals surface area contributed by atoms with Gasteiger partial charge in [0.1, 0.15) is 0 Å². The first kappa shape index (κ1) is 24.2. The van der Waals surface area contributed by atoms with Crippen molar-refractivity contribution in [1.82, 2.24) is 9.88 Å². The minimum absolute atomic E-state index is 0.172. The first-order chi connectivity index (χ1) is 16.7. The maximum Gasteiger partial charge on any atom is 0.312 e. The number of Topliss-reactive ketones (excluding diaryl/α,β-unsaturated/α-hetero) is 1. The summed E-state index contributed by atoms with van der Waals surface area (Å²) in [5.74, 6) is 0.305. The zero-order valence-corrected chi connectivity index (χ0v) is 19.9. The lowest BCUT2D eigenvalue weighted by Gasteiger charge is -2.17. The molecule has 0 saturated heterocycles. The third-order valence-electron chi connectivity index (χ3n) is 5.67. The number of hydrogen-bond acceptors (Lipinski definition) is 6. The first-order valence-corrected chi connectivity index (χ1v) is 11.2. The summed E-state index contributed by atoms with van der Waals surface area (Å²) in [7, 11) is 0. The molecule has 1 atom stereocenters. The molecule has 4 rings (SSSR count). The topological polar surface area (TPSA) is 122 Å². The van der Waals surface area contributed by atoms with Crippen LogP contribution in [-0.4, -0.2) is 35.8 Å². The Morgan fingerprint density at radius 1 is 1.09 bits per heavy atom. The van der Waals surface area contributed by atoms with Crippen LogP contribution in [0.1, 0.15) is 39.8 Å². The van der Waals surface area contributed by atoms with Crippen LogP contribution in [0, 0.1) is 13.8 Å². The monoisotopic (exact) mass is 497 g/mol. The van der Waals surface area contributed by atoms with Crippen molar-refractivity contribution in [1.29, 1.82) is 0 Å². The number of esters is 1. The van der Waals surface area contributed by atoms with Gasteiger partial charge in [-0.15, -0.1) is 0 Å². The van der Waals surface area contributed by atoms with Crippen molar-refractivity contribution >= 4 is 29.4 Å². The molecule has 35 heavy (non-hydrogen) atoms. The maximum atomic E-state index is 12.9. The maximum absolute atomic E-state index is 12.9. The number of hydrogen-bond donors (Lipinski definition) is 2. The SMILES string of the molecule is Cc1cc(C(=O)COC(=O)CC(NC(N)=O)c2ccc(Cl)cc2)c(C)n1-c1ccc2c(c1)OCO2. The lowest BCUT2D eigenvalue weighted by molar-refractivity contribution is -0.143. The molecule has 0 radical (unpaired) electrons. The van der Waals surface area contributed by atoms with Crippen LogP contribution >= 0.6 is 11.6 Å². The second kappa shape index (κ2) is 10.1. The number of amides is 2. The van der Waals surface area contributed by atoms with Crippen LogP contribution in [-0.2, 0) is 9.53 Å². The number of carbonyl (C=O) groups is 3. The van der Waals surface area contributed by atoms with Gasteiger partial charge in [-0.1, -0.05) is 23.7 Å². The van der Waals surface area contributed by atoms with Crippen molar-refractivity contribution in [2.75, 3.05) is 13.4 Å². The number of nitrogens with one attached hydrogen (secondary N) is 1. The number of halogens is 1. The lowest BCUT2D eigenvalue weighted by Crippen LogP contribution is -2.34. The molecule has 2 aromatic carbocycles. The van der Waals surface area contributed by atoms with E-state index in [0.29, 0.717) is 33.3 Å². The van der Waals surface area contributed by atoms with Gasteiger partial charge in [0, 0.05) is 33.7 Å². The van der Waals surface area contributed by atoms with E-state index >= 15 is 0 Å². The van der Waals surface area contributed by atoms with Crippen molar-refractivity contribution in [3.63, 3.8) is 0 Å². The van der Waals surface area contributed by atoms with Gasteiger partial charge in [-0.25, -0.2) is 4.79 Å². The van der Waals surface area contributed by atoms with Gasteiger partial charge in [-0.3, -0.25) is 9.59 Å². The number of nitrogens with zero attached hydrogens (tertiary/aromatic N) is 1. The third kappa shape index (κ3) is 5.41. The third-order valence-corrected chi connectivity index (χ3v) is 5.92. The molecule has 2 amide bonds. The minimum atomic E-state index is -0.787. The van der Waals surface area contributed by atoms with Crippen LogP contribution in [0.2, 0.25) is 5.02 Å². The molecule has 1 aromatic heterocycles. The van der Waals surface area contributed by atoms with Crippen molar-refractivity contribution in [3.8, 4) is 17.2 Å². The fourth-order valence-electron chi connectivity index (χ4n) is 4.04. The summed E-state index contributed by atoms with van der Waals surface area (Å²) >= 11 is 5.91. The fraction of sp³-hybridized carbons (Fsp3) is 0.240. The molecule has 3 aromatic rings. The molecule has 2 heterocycles. The van der Waals surface area contributed by atoms with Crippen LogP contribution in [0.4, 0.5) is 4.79 Å². The summed E-state index contributed by atoms with van der Waals surface area (Å²) in [5.41, 5.74) is 8.68. The van der Waals surface area contributed by atoms with E-state index in [2.05, 4.69) is 5.32 Å². The van der Waals surface area contributed by atoms with Crippen LogP contribution in [0.25, 0.3) is 5.69 Å². The Bertz CT molecular complexity index is 1290. The van der Waals surface area contributed by atoms with Crippen molar-refractivity contribution in [2.45, 2.75) is 26.3 Å². The molecule has 0 aliphatic carbocycles. The molecule has 1 unspecified atom stereocenters. The number of carbonyl (C=O) groups excluding carboxylic acids is 3. The van der Waals surface area contributed by atoms with Crippen molar-refractivity contribution < 1.29 is 28.6 Å². The van der Waals surface area contributed by atoms with Crippen LogP contribution in [0.5, 0.6) is 11.5 Å². The van der Waals surface area contributed by atoms with Crippen LogP contribution in [0.3, 0.4) is 0 Å². The quantitative estimate of drug-likeness (QED) is 0.358. The van der Waals surface area contributed by atoms with E-state index in [9.17, 15) is 14.4 Å². The average Bonchev–Trinajstić information content (AvgIpc) is 3.40. The van der Waals surface area contributed by atoms with Gasteiger partial charge >= 0.3 is 12.0 Å². The molecule has 0 bridgehead atoms. The molecule has 1 aliphatic rings. The van der Waals surface area contributed by atoms with Gasteiger partial charge in [0.2, 0.25) is 12.6 Å². The zero-order chi connectivity index (χ0) is 25.1. The lowest BCUT2D eigenvalue weighted by atomic mass is 10.0. The van der Waals surface area contributed by atoms with Gasteiger partial charge in [-0.05, 0) is 49.7 Å². The molecule has 0 spiro atoms. The number of fused-ring (bicyclic) bond motifs is 1. The predicted octanol–water partition coefficient (Wildman–Crippen LogP) is 4.00. The molecule has 10 heteroatoms. The smallest absolute Gasteiger partial charge is 0.312 e. The molecule has 9 nitrogen and oxygen atoms in total. The number of urea groups is 1. The number of benzene rings is 2. The largest absolute Gasteiger partial charge is 0.457 e. The van der Waals surface area contributed by atoms with Crippen molar-refractivity contribution in [3.05, 3.63) is 76.1 Å². The van der Waals surface area contributed by atoms with E-state index in [4.69, 9.17) is 31.5 Å². The van der Waals surface area contributed by atoms with Gasteiger partial charge in [0.05, 0.1) is 12.5 Å². The number of aryl methyl sites for hydroxylation is 1. The standard InChI is InChI=1S/C25H24ClN3O6/c1-14-9-19(15(2)29(14)18-7-8-22-23(10-18)35-13-34-22)21(30)12-33-24(31)11-20(28-25(27)32)16-3-5-17(26)6-4-16/h3-10,20H,11-13H2,1-2H3,(H3,27,28,32). The van der Waals surface area contributed by atoms with Gasteiger partial charge in [0.25, 0.3) is 0 Å². The fourth-order valence-corrected chi connectivity index (χ4v) is 4.16. The predicted molar refractivity (Wildman–Crippen MR) is 128 cm³/mol. The highest BCUT2D eigenvalue weighted by molar-refractivity contribution is 6.30. The molecule has 0 saturated carbocycles. The Balaban J connectivity index is 1.43. The number of nitrogens with two attached hydrogens (primary N) is 1. The Morgan fingerprint density at radius 2 is 1.80 bits per heavy atom. The Hall–Kier alpha value is -3.98. The summed E-state index contributed by atoms with van der Waals surface area (Å²) in [4.78, 5) is 36.8. The normalized spacial score (nSPS) is 12.8. The van der Waals surface area contributed by atoms with Crippen molar-refractivity contribution in [2.24, 2.45) is 5.73 Å². The molecule has 3 N–H and O–H groups in total.